The van der Waals surface area contributed by atoms with Gasteiger partial charge in [0.2, 0.25) is 10.0 Å². The molecule has 0 bridgehead atoms. The van der Waals surface area contributed by atoms with Crippen LogP contribution in [0.25, 0.3) is 10.2 Å². The van der Waals surface area contributed by atoms with Crippen molar-refractivity contribution >= 4 is 58.1 Å². The second-order valence-electron chi connectivity index (χ2n) is 7.89. The summed E-state index contributed by atoms with van der Waals surface area (Å²) in [4.78, 5) is 6.55. The van der Waals surface area contributed by atoms with Crippen LogP contribution in [0.15, 0.2) is 17.0 Å². The molecule has 0 amide bonds. The Kier molecular flexibility index (Phi) is 5.36. The fraction of sp³-hybridized carbons (Fsp3) is 0.588. The maximum Gasteiger partial charge on any atom is 0.242 e. The van der Waals surface area contributed by atoms with Crippen molar-refractivity contribution < 1.29 is 21.9 Å². The molecule has 0 spiro atoms. The molecule has 12 heteroatoms. The highest BCUT2D eigenvalue weighted by atomic mass is 35.5. The summed E-state index contributed by atoms with van der Waals surface area (Å²) in [5.74, 6) is 0.212. The summed E-state index contributed by atoms with van der Waals surface area (Å²) >= 11 is 7.62. The summed E-state index contributed by atoms with van der Waals surface area (Å²) in [7, 11) is -7.03. The Morgan fingerprint density at radius 3 is 2.52 bits per heavy atom. The molecule has 1 aliphatic carbocycles. The minimum Gasteiger partial charge on any atom is -0.393 e. The summed E-state index contributed by atoms with van der Waals surface area (Å²) in [6.07, 6.45) is 1.33. The number of sulfone groups is 1. The van der Waals surface area contributed by atoms with Gasteiger partial charge in [0.25, 0.3) is 0 Å². The zero-order valence-electron chi connectivity index (χ0n) is 15.9. The molecule has 2 fully saturated rings. The van der Waals surface area contributed by atoms with Gasteiger partial charge in [0.1, 0.15) is 14.7 Å². The first-order chi connectivity index (χ1) is 13.4. The van der Waals surface area contributed by atoms with Crippen LogP contribution in [0.4, 0.5) is 5.13 Å². The predicted octanol–water partition coefficient (Wildman–Crippen LogP) is 1.62. The van der Waals surface area contributed by atoms with Crippen LogP contribution in [-0.2, 0) is 19.9 Å². The molecule has 4 rings (SSSR count). The van der Waals surface area contributed by atoms with Crippen LogP contribution < -0.4 is 9.62 Å². The summed E-state index contributed by atoms with van der Waals surface area (Å²) in [6.45, 7) is 3.19. The number of hydrogen-bond donors (Lipinski definition) is 2. The number of aromatic nitrogens is 1. The molecule has 8 nitrogen and oxygen atoms in total. The number of aliphatic hydroxyl groups excluding tert-OH is 1. The standard InChI is InChI=1S/C17H22ClN3O5S3/c1-9(22)10-7-21(8-10)17-19-14-5-13(18)16(6-15(14)27-17)29(25,26)20-11-3-12(4-11)28(2,23)24/h5-6,9-12,20,22H,3-4,7-8H2,1-2H3/t9-,11?,12?/m1/s1. The molecule has 2 N–H and O–H groups in total. The average molecular weight is 480 g/mol. The Balaban J connectivity index is 1.52. The van der Waals surface area contributed by atoms with Gasteiger partial charge in [0.05, 0.1) is 26.6 Å². The van der Waals surface area contributed by atoms with E-state index in [1.165, 1.54) is 23.5 Å². The molecule has 1 atom stereocenters. The number of hydrogen-bond acceptors (Lipinski definition) is 8. The lowest BCUT2D eigenvalue weighted by Crippen LogP contribution is -2.51. The van der Waals surface area contributed by atoms with E-state index in [1.54, 1.807) is 6.92 Å². The quantitative estimate of drug-likeness (QED) is 0.646. The van der Waals surface area contributed by atoms with Crippen molar-refractivity contribution in [3.8, 4) is 0 Å². The van der Waals surface area contributed by atoms with Crippen molar-refractivity contribution in [3.05, 3.63) is 17.2 Å². The van der Waals surface area contributed by atoms with Crippen LogP contribution in [0.5, 0.6) is 0 Å². The van der Waals surface area contributed by atoms with Gasteiger partial charge in [0.15, 0.2) is 5.13 Å². The van der Waals surface area contributed by atoms with Gasteiger partial charge in [-0.05, 0) is 31.9 Å². The smallest absolute Gasteiger partial charge is 0.242 e. The zero-order chi connectivity index (χ0) is 21.1. The first-order valence-electron chi connectivity index (χ1n) is 9.18. The fourth-order valence-corrected chi connectivity index (χ4v) is 7.58. The van der Waals surface area contributed by atoms with Gasteiger partial charge in [-0.3, -0.25) is 0 Å². The summed E-state index contributed by atoms with van der Waals surface area (Å²) < 4.78 is 51.9. The summed E-state index contributed by atoms with van der Waals surface area (Å²) in [5.41, 5.74) is 0.621. The molecule has 29 heavy (non-hydrogen) atoms. The van der Waals surface area contributed by atoms with E-state index in [9.17, 15) is 21.9 Å². The number of aliphatic hydroxyl groups is 1. The lowest BCUT2D eigenvalue weighted by molar-refractivity contribution is 0.107. The van der Waals surface area contributed by atoms with Crippen LogP contribution in [-0.4, -0.2) is 63.7 Å². The van der Waals surface area contributed by atoms with E-state index in [0.717, 1.165) is 11.4 Å². The second-order valence-corrected chi connectivity index (χ2v) is 13.3. The molecule has 1 saturated carbocycles. The maximum absolute atomic E-state index is 12.8. The third kappa shape index (κ3) is 4.13. The van der Waals surface area contributed by atoms with E-state index in [1.807, 2.05) is 4.90 Å². The predicted molar refractivity (Wildman–Crippen MR) is 114 cm³/mol. The lowest BCUT2D eigenvalue weighted by Gasteiger charge is -2.40. The number of fused-ring (bicyclic) bond motifs is 1. The third-order valence-corrected chi connectivity index (χ3v) is 10.3. The second kappa shape index (κ2) is 7.31. The largest absolute Gasteiger partial charge is 0.393 e. The Hall–Kier alpha value is -0.980. The number of sulfonamides is 1. The van der Waals surface area contributed by atoms with Crippen LogP contribution in [0.1, 0.15) is 19.8 Å². The van der Waals surface area contributed by atoms with E-state index >= 15 is 0 Å². The molecule has 2 aromatic rings. The van der Waals surface area contributed by atoms with Gasteiger partial charge in [-0.1, -0.05) is 22.9 Å². The lowest BCUT2D eigenvalue weighted by atomic mass is 9.93. The molecular weight excluding hydrogens is 458 g/mol. The highest BCUT2D eigenvalue weighted by Crippen LogP contribution is 2.37. The maximum atomic E-state index is 12.8. The van der Waals surface area contributed by atoms with E-state index in [0.29, 0.717) is 23.3 Å². The third-order valence-electron chi connectivity index (χ3n) is 5.60. The highest BCUT2D eigenvalue weighted by Gasteiger charge is 2.39. The number of halogens is 1. The van der Waals surface area contributed by atoms with Crippen molar-refractivity contribution in [2.45, 2.75) is 42.1 Å². The Morgan fingerprint density at radius 2 is 1.93 bits per heavy atom. The number of nitrogens with zero attached hydrogens (tertiary/aromatic N) is 2. The van der Waals surface area contributed by atoms with Crippen LogP contribution in [0.3, 0.4) is 0 Å². The van der Waals surface area contributed by atoms with Gasteiger partial charge in [-0.15, -0.1) is 0 Å². The molecular formula is C17H22ClN3O5S3. The molecule has 2 heterocycles. The van der Waals surface area contributed by atoms with Gasteiger partial charge >= 0.3 is 0 Å². The van der Waals surface area contributed by atoms with Crippen molar-refractivity contribution in [1.29, 1.82) is 0 Å². The monoisotopic (exact) mass is 479 g/mol. The number of benzene rings is 1. The number of nitrogens with one attached hydrogen (secondary N) is 1. The van der Waals surface area contributed by atoms with Gasteiger partial charge in [0, 0.05) is 31.3 Å². The van der Waals surface area contributed by atoms with E-state index in [4.69, 9.17) is 11.6 Å². The van der Waals surface area contributed by atoms with Crippen LogP contribution >= 0.6 is 22.9 Å². The Bertz CT molecular complexity index is 1150. The SMILES string of the molecule is C[C@@H](O)C1CN(c2nc3cc(Cl)c(S(=O)(=O)NC4CC(S(C)(=O)=O)C4)cc3s2)C1. The van der Waals surface area contributed by atoms with Crippen LogP contribution in [0.2, 0.25) is 5.02 Å². The molecule has 1 saturated heterocycles. The van der Waals surface area contributed by atoms with Crippen LogP contribution in [0, 0.1) is 5.92 Å². The molecule has 0 radical (unpaired) electrons. The van der Waals surface area contributed by atoms with Crippen molar-refractivity contribution in [2.75, 3.05) is 24.2 Å². The average Bonchev–Trinajstić information content (AvgIpc) is 2.88. The molecule has 2 aliphatic rings. The van der Waals surface area contributed by atoms with Gasteiger partial charge in [-0.2, -0.15) is 0 Å². The van der Waals surface area contributed by atoms with Crippen molar-refractivity contribution in [1.82, 2.24) is 9.71 Å². The number of rotatable bonds is 6. The van der Waals surface area contributed by atoms with Crippen molar-refractivity contribution in [2.24, 2.45) is 5.92 Å². The summed E-state index contributed by atoms with van der Waals surface area (Å²) in [6, 6.07) is 2.64. The van der Waals surface area contributed by atoms with Gasteiger partial charge in [-0.25, -0.2) is 26.5 Å². The number of anilines is 1. The topological polar surface area (TPSA) is 117 Å². The molecule has 1 aliphatic heterocycles. The highest BCUT2D eigenvalue weighted by molar-refractivity contribution is 7.91. The first-order valence-corrected chi connectivity index (χ1v) is 13.8. The fourth-order valence-electron chi connectivity index (χ4n) is 3.53. The Labute approximate surface area is 178 Å². The number of thiazole rings is 1. The molecule has 160 valence electrons. The normalized spacial score (nSPS) is 24.3. The zero-order valence-corrected chi connectivity index (χ0v) is 19.1. The molecule has 1 aromatic heterocycles. The minimum absolute atomic E-state index is 0.0323. The minimum atomic E-state index is -3.88. The molecule has 0 unspecified atom stereocenters. The van der Waals surface area contributed by atoms with Gasteiger partial charge < -0.3 is 10.0 Å². The molecule has 1 aromatic carbocycles. The van der Waals surface area contributed by atoms with E-state index in [-0.39, 0.29) is 34.8 Å². The Morgan fingerprint density at radius 1 is 1.28 bits per heavy atom. The first kappa shape index (κ1) is 21.3. The van der Waals surface area contributed by atoms with E-state index in [2.05, 4.69) is 9.71 Å². The van der Waals surface area contributed by atoms with E-state index < -0.39 is 31.2 Å². The van der Waals surface area contributed by atoms with Crippen molar-refractivity contribution in [3.63, 3.8) is 0 Å². The summed E-state index contributed by atoms with van der Waals surface area (Å²) in [5, 5.41) is 9.97.